The Morgan fingerprint density at radius 2 is 1.92 bits per heavy atom. The normalized spacial score (nSPS) is 10.5. The van der Waals surface area contributed by atoms with E-state index in [9.17, 15) is 0 Å². The highest BCUT2D eigenvalue weighted by molar-refractivity contribution is 6.30. The van der Waals surface area contributed by atoms with Crippen molar-refractivity contribution >= 4 is 34.2 Å². The molecule has 12 heavy (non-hydrogen) atoms. The highest BCUT2D eigenvalue weighted by Gasteiger charge is 1.98. The maximum Gasteiger partial charge on any atom is 0.224 e. The van der Waals surface area contributed by atoms with Crippen LogP contribution in [0.25, 0.3) is 11.0 Å². The molecule has 0 aliphatic heterocycles. The molecule has 60 valence electrons. The molecule has 0 fully saturated rings. The van der Waals surface area contributed by atoms with Gasteiger partial charge in [-0.15, -0.1) is 0 Å². The van der Waals surface area contributed by atoms with Crippen LogP contribution in [0.15, 0.2) is 18.3 Å². The molecule has 5 heteroatoms. The van der Waals surface area contributed by atoms with Crippen LogP contribution in [0, 0.1) is 0 Å². The van der Waals surface area contributed by atoms with E-state index in [0.717, 1.165) is 5.39 Å². The SMILES string of the molecule is Clc1ccc2cnc(Cl)nc2n1. The molecule has 0 aliphatic rings. The topological polar surface area (TPSA) is 38.7 Å². The van der Waals surface area contributed by atoms with E-state index < -0.39 is 0 Å². The van der Waals surface area contributed by atoms with Crippen LogP contribution in [0.5, 0.6) is 0 Å². The summed E-state index contributed by atoms with van der Waals surface area (Å²) in [6.45, 7) is 0. The Balaban J connectivity index is 2.80. The Morgan fingerprint density at radius 1 is 1.08 bits per heavy atom. The number of nitrogens with zero attached hydrogens (tertiary/aromatic N) is 3. The van der Waals surface area contributed by atoms with E-state index in [0.29, 0.717) is 10.8 Å². The summed E-state index contributed by atoms with van der Waals surface area (Å²) in [6.07, 6.45) is 1.61. The van der Waals surface area contributed by atoms with Gasteiger partial charge >= 0.3 is 0 Å². The van der Waals surface area contributed by atoms with E-state index in [4.69, 9.17) is 23.2 Å². The quantitative estimate of drug-likeness (QED) is 0.483. The second-order valence-electron chi connectivity index (χ2n) is 2.19. The standard InChI is InChI=1S/C7H3Cl2N3/c8-5-2-1-4-3-10-7(9)12-6(4)11-5/h1-3H. The smallest absolute Gasteiger partial charge is 0.224 e. The van der Waals surface area contributed by atoms with Crippen LogP contribution >= 0.6 is 23.2 Å². The molecule has 0 saturated carbocycles. The Bertz CT molecular complexity index is 393. The number of hydrogen-bond acceptors (Lipinski definition) is 3. The van der Waals surface area contributed by atoms with Gasteiger partial charge in [-0.3, -0.25) is 0 Å². The predicted molar refractivity (Wildman–Crippen MR) is 47.4 cm³/mol. The number of pyridine rings is 1. The molecule has 0 amide bonds. The van der Waals surface area contributed by atoms with E-state index >= 15 is 0 Å². The zero-order valence-electron chi connectivity index (χ0n) is 5.83. The minimum atomic E-state index is 0.178. The average molecular weight is 200 g/mol. The molecule has 2 aromatic heterocycles. The number of hydrogen-bond donors (Lipinski definition) is 0. The summed E-state index contributed by atoms with van der Waals surface area (Å²) >= 11 is 11.2. The van der Waals surface area contributed by atoms with Crippen molar-refractivity contribution in [2.75, 3.05) is 0 Å². The molecule has 2 rings (SSSR count). The van der Waals surface area contributed by atoms with E-state index in [1.807, 2.05) is 0 Å². The fraction of sp³-hybridized carbons (Fsp3) is 0. The number of fused-ring (bicyclic) bond motifs is 1. The van der Waals surface area contributed by atoms with Crippen LogP contribution in [0.2, 0.25) is 10.4 Å². The van der Waals surface area contributed by atoms with Gasteiger partial charge < -0.3 is 0 Å². The summed E-state index contributed by atoms with van der Waals surface area (Å²) in [5.74, 6) is 0. The Morgan fingerprint density at radius 3 is 2.75 bits per heavy atom. The summed E-state index contributed by atoms with van der Waals surface area (Å²) in [5, 5.41) is 1.40. The van der Waals surface area contributed by atoms with Crippen molar-refractivity contribution in [3.63, 3.8) is 0 Å². The zero-order valence-corrected chi connectivity index (χ0v) is 7.34. The molecule has 2 heterocycles. The number of aromatic nitrogens is 3. The molecule has 0 spiro atoms. The van der Waals surface area contributed by atoms with Crippen LogP contribution in [0.3, 0.4) is 0 Å². The minimum Gasteiger partial charge on any atom is -0.226 e. The summed E-state index contributed by atoms with van der Waals surface area (Å²) in [7, 11) is 0. The van der Waals surface area contributed by atoms with E-state index in [2.05, 4.69) is 15.0 Å². The highest BCUT2D eigenvalue weighted by atomic mass is 35.5. The van der Waals surface area contributed by atoms with Crippen molar-refractivity contribution in [2.45, 2.75) is 0 Å². The second kappa shape index (κ2) is 2.84. The molecule has 0 N–H and O–H groups in total. The lowest BCUT2D eigenvalue weighted by Crippen LogP contribution is -1.86. The molecule has 0 aliphatic carbocycles. The lowest BCUT2D eigenvalue weighted by Gasteiger charge is -1.95. The van der Waals surface area contributed by atoms with Crippen LogP contribution in [0.4, 0.5) is 0 Å². The molecule has 0 atom stereocenters. The third-order valence-electron chi connectivity index (χ3n) is 1.38. The van der Waals surface area contributed by atoms with Crippen molar-refractivity contribution in [3.8, 4) is 0 Å². The molecule has 0 saturated heterocycles. The van der Waals surface area contributed by atoms with Crippen LogP contribution in [0.1, 0.15) is 0 Å². The summed E-state index contributed by atoms with van der Waals surface area (Å²) < 4.78 is 0. The summed E-state index contributed by atoms with van der Waals surface area (Å²) in [6, 6.07) is 3.47. The molecule has 0 unspecified atom stereocenters. The molecular formula is C7H3Cl2N3. The summed E-state index contributed by atoms with van der Waals surface area (Å²) in [5.41, 5.74) is 0.516. The average Bonchev–Trinajstić information content (AvgIpc) is 2.03. The molecule has 0 bridgehead atoms. The molecule has 0 radical (unpaired) electrons. The molecule has 0 aromatic carbocycles. The van der Waals surface area contributed by atoms with Gasteiger partial charge in [0, 0.05) is 11.6 Å². The Labute approximate surface area is 78.4 Å². The first-order valence-corrected chi connectivity index (χ1v) is 3.96. The van der Waals surface area contributed by atoms with E-state index in [-0.39, 0.29) is 5.28 Å². The van der Waals surface area contributed by atoms with Crippen LogP contribution in [-0.2, 0) is 0 Å². The lowest BCUT2D eigenvalue weighted by molar-refractivity contribution is 1.18. The van der Waals surface area contributed by atoms with Gasteiger partial charge in [0.1, 0.15) is 5.15 Å². The maximum atomic E-state index is 5.66. The third kappa shape index (κ3) is 1.33. The maximum absolute atomic E-state index is 5.66. The van der Waals surface area contributed by atoms with Gasteiger partial charge in [0.2, 0.25) is 5.28 Å². The zero-order chi connectivity index (χ0) is 8.55. The fourth-order valence-corrected chi connectivity index (χ4v) is 1.14. The van der Waals surface area contributed by atoms with Gasteiger partial charge in [0.15, 0.2) is 5.65 Å². The minimum absolute atomic E-state index is 0.178. The molecule has 3 nitrogen and oxygen atoms in total. The van der Waals surface area contributed by atoms with Crippen molar-refractivity contribution < 1.29 is 0 Å². The van der Waals surface area contributed by atoms with E-state index in [1.54, 1.807) is 18.3 Å². The van der Waals surface area contributed by atoms with Gasteiger partial charge in [-0.1, -0.05) is 11.6 Å². The van der Waals surface area contributed by atoms with Crippen LogP contribution in [-0.4, -0.2) is 15.0 Å². The van der Waals surface area contributed by atoms with Crippen molar-refractivity contribution in [1.29, 1.82) is 0 Å². The number of halogens is 2. The van der Waals surface area contributed by atoms with Gasteiger partial charge in [-0.25, -0.2) is 9.97 Å². The van der Waals surface area contributed by atoms with Crippen molar-refractivity contribution in [1.82, 2.24) is 15.0 Å². The van der Waals surface area contributed by atoms with Gasteiger partial charge in [-0.2, -0.15) is 4.98 Å². The Kier molecular flexibility index (Phi) is 1.83. The largest absolute Gasteiger partial charge is 0.226 e. The monoisotopic (exact) mass is 199 g/mol. The summed E-state index contributed by atoms with van der Waals surface area (Å²) in [4.78, 5) is 11.7. The van der Waals surface area contributed by atoms with Gasteiger partial charge in [-0.05, 0) is 23.7 Å². The van der Waals surface area contributed by atoms with Gasteiger partial charge in [0.05, 0.1) is 0 Å². The first-order valence-electron chi connectivity index (χ1n) is 3.20. The van der Waals surface area contributed by atoms with E-state index in [1.165, 1.54) is 0 Å². The second-order valence-corrected chi connectivity index (χ2v) is 2.91. The van der Waals surface area contributed by atoms with Gasteiger partial charge in [0.25, 0.3) is 0 Å². The first kappa shape index (κ1) is 7.71. The van der Waals surface area contributed by atoms with Crippen molar-refractivity contribution in [3.05, 3.63) is 28.8 Å². The third-order valence-corrected chi connectivity index (χ3v) is 1.77. The molecule has 2 aromatic rings. The van der Waals surface area contributed by atoms with Crippen LogP contribution < -0.4 is 0 Å². The lowest BCUT2D eigenvalue weighted by atomic mass is 10.3. The Hall–Kier alpha value is -0.930. The molecular weight excluding hydrogens is 197 g/mol. The predicted octanol–water partition coefficient (Wildman–Crippen LogP) is 2.33. The fourth-order valence-electron chi connectivity index (χ4n) is 0.865. The van der Waals surface area contributed by atoms with Crippen molar-refractivity contribution in [2.24, 2.45) is 0 Å². The first-order chi connectivity index (χ1) is 5.75. The number of rotatable bonds is 0. The highest BCUT2D eigenvalue weighted by Crippen LogP contribution is 2.13.